The first-order chi connectivity index (χ1) is 16.1. The number of aromatic nitrogens is 3. The molecule has 182 valence electrons. The molecule has 0 amide bonds. The van der Waals surface area contributed by atoms with Crippen LogP contribution >= 0.6 is 0 Å². The molecule has 10 heteroatoms. The number of pyridine rings is 1. The lowest BCUT2D eigenvalue weighted by Gasteiger charge is -2.22. The van der Waals surface area contributed by atoms with Crippen LogP contribution in [0.4, 0.5) is 13.2 Å². The number of hydrogen-bond donors (Lipinski definition) is 0. The lowest BCUT2D eigenvalue weighted by atomic mass is 9.91. The molecule has 0 N–H and O–H groups in total. The van der Waals surface area contributed by atoms with Crippen LogP contribution < -0.4 is 5.56 Å². The molecule has 0 aliphatic carbocycles. The number of rotatable bonds is 6. The zero-order valence-electron chi connectivity index (χ0n) is 19.0. The van der Waals surface area contributed by atoms with Gasteiger partial charge in [-0.2, -0.15) is 0 Å². The van der Waals surface area contributed by atoms with E-state index in [0.29, 0.717) is 41.6 Å². The molecule has 4 rings (SSSR count). The van der Waals surface area contributed by atoms with Gasteiger partial charge in [-0.3, -0.25) is 9.36 Å². The van der Waals surface area contributed by atoms with Crippen LogP contribution in [0.3, 0.4) is 0 Å². The van der Waals surface area contributed by atoms with Gasteiger partial charge in [0.2, 0.25) is 0 Å². The Morgan fingerprint density at radius 1 is 1.15 bits per heavy atom. The Balaban J connectivity index is 1.68. The van der Waals surface area contributed by atoms with E-state index in [-0.39, 0.29) is 35.0 Å². The molecule has 3 heterocycles. The molecule has 1 fully saturated rings. The van der Waals surface area contributed by atoms with E-state index >= 15 is 0 Å². The summed E-state index contributed by atoms with van der Waals surface area (Å²) in [6, 6.07) is 5.73. The van der Waals surface area contributed by atoms with E-state index in [4.69, 9.17) is 0 Å². The van der Waals surface area contributed by atoms with Crippen molar-refractivity contribution in [1.82, 2.24) is 14.5 Å². The lowest BCUT2D eigenvalue weighted by Crippen LogP contribution is -2.28. The first-order valence-electron chi connectivity index (χ1n) is 11.2. The fraction of sp³-hybridized carbons (Fsp3) is 0.458. The Labute approximate surface area is 195 Å². The third-order valence-corrected chi connectivity index (χ3v) is 8.38. The van der Waals surface area contributed by atoms with Crippen LogP contribution in [-0.2, 0) is 29.7 Å². The molecule has 0 unspecified atom stereocenters. The van der Waals surface area contributed by atoms with Gasteiger partial charge in [-0.1, -0.05) is 25.1 Å². The average molecular weight is 494 g/mol. The quantitative estimate of drug-likeness (QED) is 0.516. The Kier molecular flexibility index (Phi) is 6.80. The van der Waals surface area contributed by atoms with E-state index in [1.165, 1.54) is 23.0 Å². The summed E-state index contributed by atoms with van der Waals surface area (Å²) in [5.74, 6) is -1.02. The van der Waals surface area contributed by atoms with Gasteiger partial charge < -0.3 is 0 Å². The standard InChI is InChI=1S/C24H26F3N3O3S/c1-14(17-4-3-5-18(21(17)25)22(26)27)10-20-19-12-16(11-15-6-8-34(32,33)9-7-15)24(31)30(2)23(19)29-13-28-20/h3-5,12-15,22H,6-11H2,1-2H3/t14-/m0/s1. The molecule has 6 nitrogen and oxygen atoms in total. The van der Waals surface area contributed by atoms with Crippen molar-refractivity contribution in [3.8, 4) is 0 Å². The summed E-state index contributed by atoms with van der Waals surface area (Å²) in [4.78, 5) is 21.6. The van der Waals surface area contributed by atoms with Crippen LogP contribution in [0.15, 0.2) is 35.4 Å². The monoisotopic (exact) mass is 493 g/mol. The minimum absolute atomic E-state index is 0.0897. The van der Waals surface area contributed by atoms with E-state index in [9.17, 15) is 26.4 Å². The van der Waals surface area contributed by atoms with Crippen molar-refractivity contribution in [1.29, 1.82) is 0 Å². The molecule has 1 atom stereocenters. The van der Waals surface area contributed by atoms with E-state index < -0.39 is 33.6 Å². The van der Waals surface area contributed by atoms with Crippen LogP contribution in [-0.4, -0.2) is 34.5 Å². The largest absolute Gasteiger partial charge is 0.296 e. The second kappa shape index (κ2) is 9.48. The van der Waals surface area contributed by atoms with Gasteiger partial charge in [0, 0.05) is 18.0 Å². The molecule has 1 aliphatic rings. The lowest BCUT2D eigenvalue weighted by molar-refractivity contribution is 0.146. The predicted octanol–water partition coefficient (Wildman–Crippen LogP) is 4.12. The van der Waals surface area contributed by atoms with Gasteiger partial charge in [0.05, 0.1) is 22.8 Å². The highest BCUT2D eigenvalue weighted by atomic mass is 32.2. The third kappa shape index (κ3) is 4.87. The normalized spacial score (nSPS) is 17.4. The van der Waals surface area contributed by atoms with E-state index in [2.05, 4.69) is 9.97 Å². The zero-order chi connectivity index (χ0) is 24.6. The van der Waals surface area contributed by atoms with E-state index in [1.807, 2.05) is 0 Å². The molecule has 1 aliphatic heterocycles. The molecule has 2 aromatic heterocycles. The van der Waals surface area contributed by atoms with Crippen LogP contribution in [0, 0.1) is 11.7 Å². The summed E-state index contributed by atoms with van der Waals surface area (Å²) in [5.41, 5.74) is 0.915. The van der Waals surface area contributed by atoms with Crippen LogP contribution in [0.1, 0.15) is 54.5 Å². The number of nitrogens with zero attached hydrogens (tertiary/aromatic N) is 3. The first kappa shape index (κ1) is 24.4. The molecule has 0 saturated carbocycles. The zero-order valence-corrected chi connectivity index (χ0v) is 19.8. The third-order valence-electron chi connectivity index (χ3n) is 6.67. The van der Waals surface area contributed by atoms with Gasteiger partial charge in [0.15, 0.2) is 0 Å². The highest BCUT2D eigenvalue weighted by Gasteiger charge is 2.26. The maximum atomic E-state index is 14.7. The van der Waals surface area contributed by atoms with Gasteiger partial charge in [0.1, 0.15) is 27.6 Å². The Morgan fingerprint density at radius 2 is 1.82 bits per heavy atom. The minimum atomic E-state index is -3.00. The van der Waals surface area contributed by atoms with Crippen molar-refractivity contribution >= 4 is 20.9 Å². The maximum Gasteiger partial charge on any atom is 0.266 e. The Hall–Kier alpha value is -2.75. The SMILES string of the molecule is C[C@@H](Cc1ncnc2c1cc(CC1CCS(=O)(=O)CC1)c(=O)n2C)c1cccc(C(F)F)c1F. The highest BCUT2D eigenvalue weighted by Crippen LogP contribution is 2.31. The average Bonchev–Trinajstić information content (AvgIpc) is 2.79. The van der Waals surface area contributed by atoms with E-state index in [0.717, 1.165) is 6.07 Å². The second-order valence-corrected chi connectivity index (χ2v) is 11.4. The number of alkyl halides is 2. The second-order valence-electron chi connectivity index (χ2n) is 9.05. The van der Waals surface area contributed by atoms with E-state index in [1.54, 1.807) is 20.0 Å². The first-order valence-corrected chi connectivity index (χ1v) is 13.0. The van der Waals surface area contributed by atoms with Gasteiger partial charge in [-0.15, -0.1) is 0 Å². The van der Waals surface area contributed by atoms with Crippen LogP contribution in [0.2, 0.25) is 0 Å². The molecule has 1 aromatic carbocycles. The summed E-state index contributed by atoms with van der Waals surface area (Å²) in [6.45, 7) is 1.74. The molecule has 0 bridgehead atoms. The number of benzene rings is 1. The van der Waals surface area contributed by atoms with Crippen molar-refractivity contribution in [2.45, 2.75) is 45.0 Å². The minimum Gasteiger partial charge on any atom is -0.296 e. The number of halogens is 3. The summed E-state index contributed by atoms with van der Waals surface area (Å²) >= 11 is 0. The molecule has 0 radical (unpaired) electrons. The fourth-order valence-electron chi connectivity index (χ4n) is 4.66. The summed E-state index contributed by atoms with van der Waals surface area (Å²) in [5, 5.41) is 0.639. The maximum absolute atomic E-state index is 14.7. The predicted molar refractivity (Wildman–Crippen MR) is 123 cm³/mol. The molecule has 34 heavy (non-hydrogen) atoms. The number of aryl methyl sites for hydroxylation is 1. The van der Waals surface area contributed by atoms with Crippen molar-refractivity contribution in [3.63, 3.8) is 0 Å². The number of hydrogen-bond acceptors (Lipinski definition) is 5. The highest BCUT2D eigenvalue weighted by molar-refractivity contribution is 7.91. The molecule has 3 aromatic rings. The summed E-state index contributed by atoms with van der Waals surface area (Å²) in [7, 11) is -1.38. The van der Waals surface area contributed by atoms with Crippen molar-refractivity contribution in [2.24, 2.45) is 13.0 Å². The van der Waals surface area contributed by atoms with Crippen molar-refractivity contribution < 1.29 is 21.6 Å². The summed E-state index contributed by atoms with van der Waals surface area (Å²) < 4.78 is 65.9. The topological polar surface area (TPSA) is 81.9 Å². The molecular weight excluding hydrogens is 467 g/mol. The molecule has 0 spiro atoms. The Bertz CT molecular complexity index is 1380. The molecular formula is C24H26F3N3O3S. The van der Waals surface area contributed by atoms with Gasteiger partial charge >= 0.3 is 0 Å². The summed E-state index contributed by atoms with van der Waals surface area (Å²) in [6.07, 6.45) is 0.173. The number of fused-ring (bicyclic) bond motifs is 1. The Morgan fingerprint density at radius 3 is 2.50 bits per heavy atom. The van der Waals surface area contributed by atoms with Crippen LogP contribution in [0.5, 0.6) is 0 Å². The fourth-order valence-corrected chi connectivity index (χ4v) is 6.25. The number of sulfone groups is 1. The molecule has 1 saturated heterocycles. The smallest absolute Gasteiger partial charge is 0.266 e. The van der Waals surface area contributed by atoms with Gasteiger partial charge in [-0.05, 0) is 49.1 Å². The van der Waals surface area contributed by atoms with Gasteiger partial charge in [-0.25, -0.2) is 31.6 Å². The van der Waals surface area contributed by atoms with Crippen molar-refractivity contribution in [3.05, 3.63) is 69.1 Å². The van der Waals surface area contributed by atoms with Crippen molar-refractivity contribution in [2.75, 3.05) is 11.5 Å². The van der Waals surface area contributed by atoms with Gasteiger partial charge in [0.25, 0.3) is 12.0 Å². The van der Waals surface area contributed by atoms with Crippen LogP contribution in [0.25, 0.3) is 11.0 Å².